The molecule has 1 aromatic rings. The van der Waals surface area contributed by atoms with Crippen LogP contribution in [0.3, 0.4) is 0 Å². The van der Waals surface area contributed by atoms with Gasteiger partial charge in [0.2, 0.25) is 0 Å². The Balaban J connectivity index is 1.79. The predicted octanol–water partition coefficient (Wildman–Crippen LogP) is 3.20. The third kappa shape index (κ3) is 2.23. The Morgan fingerprint density at radius 1 is 1.47 bits per heavy atom. The fourth-order valence-corrected chi connectivity index (χ4v) is 3.71. The first-order chi connectivity index (χ1) is 9.05. The highest BCUT2D eigenvalue weighted by Crippen LogP contribution is 2.51. The summed E-state index contributed by atoms with van der Waals surface area (Å²) in [6.45, 7) is 5.02. The summed E-state index contributed by atoms with van der Waals surface area (Å²) < 4.78 is 5.91. The van der Waals surface area contributed by atoms with E-state index in [1.807, 2.05) is 12.1 Å². The van der Waals surface area contributed by atoms with E-state index in [0.717, 1.165) is 30.9 Å². The van der Waals surface area contributed by atoms with E-state index in [1.165, 1.54) is 6.42 Å². The minimum absolute atomic E-state index is 0.177. The maximum Gasteiger partial charge on any atom is 0.133 e. The van der Waals surface area contributed by atoms with Crippen LogP contribution in [0.5, 0.6) is 0 Å². The predicted molar refractivity (Wildman–Crippen MR) is 74.7 cm³/mol. The van der Waals surface area contributed by atoms with Crippen molar-refractivity contribution < 1.29 is 9.52 Å². The minimum Gasteiger partial charge on any atom is -0.463 e. The minimum atomic E-state index is -0.551. The molecular weight excluding hydrogens is 238 g/mol. The molecular formula is C16H25NO2. The highest BCUT2D eigenvalue weighted by atomic mass is 16.4. The lowest BCUT2D eigenvalue weighted by molar-refractivity contribution is 0.0135. The molecule has 3 N–H and O–H groups in total. The van der Waals surface area contributed by atoms with Crippen LogP contribution in [-0.2, 0) is 0 Å². The molecule has 0 aliphatic heterocycles. The van der Waals surface area contributed by atoms with Crippen molar-refractivity contribution in [3.8, 4) is 0 Å². The zero-order valence-electron chi connectivity index (χ0n) is 11.9. The maximum atomic E-state index is 10.7. The largest absolute Gasteiger partial charge is 0.463 e. The second-order valence-corrected chi connectivity index (χ2v) is 6.88. The van der Waals surface area contributed by atoms with Gasteiger partial charge in [0.05, 0.1) is 0 Å². The summed E-state index contributed by atoms with van der Waals surface area (Å²) in [5.41, 5.74) is 5.79. The van der Waals surface area contributed by atoms with Gasteiger partial charge in [-0.15, -0.1) is 0 Å². The lowest BCUT2D eigenvalue weighted by Gasteiger charge is -2.32. The fraction of sp³-hybridized carbons (Fsp3) is 0.750. The van der Waals surface area contributed by atoms with Crippen LogP contribution in [0.2, 0.25) is 0 Å². The molecule has 1 heterocycles. The smallest absolute Gasteiger partial charge is 0.133 e. The number of aliphatic hydroxyl groups is 1. The number of aliphatic hydroxyl groups excluding tert-OH is 1. The standard InChI is InChI=1S/C16H25NO2/c1-10-5-6-16(8-10,9-17)15(18)14-4-3-13(19-14)12-7-11(12)2/h3-4,10-12,15,18H,5-9,17H2,1-2H3. The van der Waals surface area contributed by atoms with Crippen LogP contribution in [0.25, 0.3) is 0 Å². The Bertz CT molecular complexity index is 455. The molecule has 0 aromatic carbocycles. The zero-order valence-corrected chi connectivity index (χ0v) is 11.9. The van der Waals surface area contributed by atoms with Crippen LogP contribution in [-0.4, -0.2) is 11.7 Å². The van der Waals surface area contributed by atoms with Crippen molar-refractivity contribution in [1.82, 2.24) is 0 Å². The monoisotopic (exact) mass is 263 g/mol. The Kier molecular flexibility index (Phi) is 3.22. The van der Waals surface area contributed by atoms with Crippen molar-refractivity contribution in [3.63, 3.8) is 0 Å². The molecule has 0 amide bonds. The van der Waals surface area contributed by atoms with Crippen molar-refractivity contribution in [2.45, 2.75) is 51.6 Å². The van der Waals surface area contributed by atoms with Gasteiger partial charge >= 0.3 is 0 Å². The highest BCUT2D eigenvalue weighted by molar-refractivity contribution is 5.20. The van der Waals surface area contributed by atoms with E-state index in [-0.39, 0.29) is 5.41 Å². The van der Waals surface area contributed by atoms with Crippen LogP contribution in [0, 0.1) is 17.3 Å². The van der Waals surface area contributed by atoms with Gasteiger partial charge in [-0.25, -0.2) is 0 Å². The fourth-order valence-electron chi connectivity index (χ4n) is 3.71. The summed E-state index contributed by atoms with van der Waals surface area (Å²) in [5.74, 6) is 3.70. The topological polar surface area (TPSA) is 59.4 Å². The molecule has 0 saturated heterocycles. The lowest BCUT2D eigenvalue weighted by atomic mass is 9.78. The number of rotatable bonds is 4. The molecule has 0 spiro atoms. The van der Waals surface area contributed by atoms with E-state index < -0.39 is 6.10 Å². The zero-order chi connectivity index (χ0) is 13.6. The second-order valence-electron chi connectivity index (χ2n) is 6.88. The van der Waals surface area contributed by atoms with E-state index in [4.69, 9.17) is 10.2 Å². The van der Waals surface area contributed by atoms with Gasteiger partial charge in [0.15, 0.2) is 0 Å². The number of hydrogen-bond donors (Lipinski definition) is 2. The molecule has 0 radical (unpaired) electrons. The van der Waals surface area contributed by atoms with Gasteiger partial charge in [0.1, 0.15) is 17.6 Å². The number of furan rings is 1. The molecule has 5 atom stereocenters. The van der Waals surface area contributed by atoms with Crippen molar-refractivity contribution in [1.29, 1.82) is 0 Å². The SMILES string of the molecule is CC1CCC(CN)(C(O)c2ccc(C3CC3C)o2)C1. The summed E-state index contributed by atoms with van der Waals surface area (Å²) in [6, 6.07) is 3.99. The molecule has 1 aromatic heterocycles. The average molecular weight is 263 g/mol. The van der Waals surface area contributed by atoms with Gasteiger partial charge in [0, 0.05) is 17.9 Å². The van der Waals surface area contributed by atoms with Crippen LogP contribution in [0.15, 0.2) is 16.5 Å². The average Bonchev–Trinajstić information content (AvgIpc) is 2.85. The molecule has 2 saturated carbocycles. The summed E-state index contributed by atoms with van der Waals surface area (Å²) >= 11 is 0. The Morgan fingerprint density at radius 2 is 2.21 bits per heavy atom. The molecule has 3 rings (SSSR count). The summed E-state index contributed by atoms with van der Waals surface area (Å²) in [5, 5.41) is 10.7. The van der Waals surface area contributed by atoms with Gasteiger partial charge < -0.3 is 15.3 Å². The summed E-state index contributed by atoms with van der Waals surface area (Å²) in [6.07, 6.45) is 3.82. The third-order valence-electron chi connectivity index (χ3n) is 5.27. The number of hydrogen-bond acceptors (Lipinski definition) is 3. The summed E-state index contributed by atoms with van der Waals surface area (Å²) in [4.78, 5) is 0. The van der Waals surface area contributed by atoms with E-state index in [2.05, 4.69) is 13.8 Å². The molecule has 2 aliphatic carbocycles. The quantitative estimate of drug-likeness (QED) is 0.877. The molecule has 5 unspecified atom stereocenters. The van der Waals surface area contributed by atoms with Gasteiger partial charge in [-0.2, -0.15) is 0 Å². The number of nitrogens with two attached hydrogens (primary N) is 1. The third-order valence-corrected chi connectivity index (χ3v) is 5.27. The second kappa shape index (κ2) is 4.64. The molecule has 2 aliphatic rings. The molecule has 19 heavy (non-hydrogen) atoms. The van der Waals surface area contributed by atoms with Crippen molar-refractivity contribution in [2.75, 3.05) is 6.54 Å². The van der Waals surface area contributed by atoms with Crippen LogP contribution < -0.4 is 5.73 Å². The van der Waals surface area contributed by atoms with E-state index in [9.17, 15) is 5.11 Å². The maximum absolute atomic E-state index is 10.7. The first-order valence-electron chi connectivity index (χ1n) is 7.53. The Hall–Kier alpha value is -0.800. The highest BCUT2D eigenvalue weighted by Gasteiger charge is 2.45. The van der Waals surface area contributed by atoms with Gasteiger partial charge in [-0.3, -0.25) is 0 Å². The van der Waals surface area contributed by atoms with E-state index in [1.54, 1.807) is 0 Å². The van der Waals surface area contributed by atoms with Crippen molar-refractivity contribution in [2.24, 2.45) is 23.0 Å². The molecule has 0 bridgehead atoms. The van der Waals surface area contributed by atoms with Crippen LogP contribution >= 0.6 is 0 Å². The lowest BCUT2D eigenvalue weighted by Crippen LogP contribution is -2.34. The van der Waals surface area contributed by atoms with E-state index >= 15 is 0 Å². The first-order valence-corrected chi connectivity index (χ1v) is 7.53. The van der Waals surface area contributed by atoms with Gasteiger partial charge in [-0.05, 0) is 43.2 Å². The normalized spacial score (nSPS) is 39.5. The molecule has 2 fully saturated rings. The van der Waals surface area contributed by atoms with Crippen LogP contribution in [0.4, 0.5) is 0 Å². The molecule has 3 nitrogen and oxygen atoms in total. The molecule has 106 valence electrons. The summed E-state index contributed by atoms with van der Waals surface area (Å²) in [7, 11) is 0. The Labute approximate surface area is 115 Å². The van der Waals surface area contributed by atoms with Crippen molar-refractivity contribution >= 4 is 0 Å². The van der Waals surface area contributed by atoms with Crippen LogP contribution in [0.1, 0.15) is 63.1 Å². The molecule has 3 heteroatoms. The Morgan fingerprint density at radius 3 is 2.74 bits per heavy atom. The van der Waals surface area contributed by atoms with E-state index in [0.29, 0.717) is 24.1 Å². The first kappa shape index (κ1) is 13.2. The van der Waals surface area contributed by atoms with Gasteiger partial charge in [-0.1, -0.05) is 20.3 Å². The van der Waals surface area contributed by atoms with Crippen molar-refractivity contribution in [3.05, 3.63) is 23.7 Å². The van der Waals surface area contributed by atoms with Gasteiger partial charge in [0.25, 0.3) is 0 Å².